The lowest BCUT2D eigenvalue weighted by atomic mass is 9.91. The average Bonchev–Trinajstić information content (AvgIpc) is 2.83. The van der Waals surface area contributed by atoms with Gasteiger partial charge in [0.2, 0.25) is 0 Å². The molecule has 0 bridgehead atoms. The molecule has 0 aliphatic carbocycles. The molecule has 1 unspecified atom stereocenters. The number of halogens is 1. The molecule has 2 heterocycles. The number of ether oxygens (including phenoxy) is 1. The van der Waals surface area contributed by atoms with Crippen molar-refractivity contribution >= 4 is 0 Å². The van der Waals surface area contributed by atoms with Crippen LogP contribution in [0.3, 0.4) is 0 Å². The molecule has 1 aromatic rings. The minimum absolute atomic E-state index is 0.101. The summed E-state index contributed by atoms with van der Waals surface area (Å²) in [5.41, 5.74) is 1.97. The third-order valence-electron chi connectivity index (χ3n) is 3.79. The van der Waals surface area contributed by atoms with E-state index in [9.17, 15) is 4.39 Å². The van der Waals surface area contributed by atoms with Crippen molar-refractivity contribution in [1.29, 1.82) is 0 Å². The topological polar surface area (TPSA) is 21.3 Å². The average molecular weight is 235 g/mol. The van der Waals surface area contributed by atoms with Crippen LogP contribution in [0.15, 0.2) is 12.1 Å². The predicted molar refractivity (Wildman–Crippen MR) is 64.9 cm³/mol. The van der Waals surface area contributed by atoms with Gasteiger partial charge in [0.25, 0.3) is 0 Å². The molecule has 92 valence electrons. The summed E-state index contributed by atoms with van der Waals surface area (Å²) in [4.78, 5) is 0. The molecule has 2 aliphatic rings. The molecule has 1 atom stereocenters. The Morgan fingerprint density at radius 2 is 2.35 bits per heavy atom. The van der Waals surface area contributed by atoms with Crippen LogP contribution in [0.25, 0.3) is 0 Å². The normalized spacial score (nSPS) is 23.2. The van der Waals surface area contributed by atoms with E-state index >= 15 is 0 Å². The summed E-state index contributed by atoms with van der Waals surface area (Å²) in [6.45, 7) is 2.81. The van der Waals surface area contributed by atoms with Crippen molar-refractivity contribution in [2.45, 2.75) is 25.7 Å². The summed E-state index contributed by atoms with van der Waals surface area (Å²) in [6, 6.07) is 3.46. The largest absolute Gasteiger partial charge is 0.493 e. The predicted octanol–water partition coefficient (Wildman–Crippen LogP) is 2.30. The second kappa shape index (κ2) is 4.65. The second-order valence-corrected chi connectivity index (χ2v) is 5.03. The molecule has 1 fully saturated rings. The molecular formula is C14H18FNO. The van der Waals surface area contributed by atoms with Crippen molar-refractivity contribution in [3.05, 3.63) is 29.1 Å². The third-order valence-corrected chi connectivity index (χ3v) is 3.79. The van der Waals surface area contributed by atoms with Gasteiger partial charge in [-0.2, -0.15) is 0 Å². The third kappa shape index (κ3) is 2.16. The summed E-state index contributed by atoms with van der Waals surface area (Å²) in [5, 5.41) is 3.38. The van der Waals surface area contributed by atoms with Gasteiger partial charge in [0.1, 0.15) is 11.6 Å². The number of hydrogen-bond acceptors (Lipinski definition) is 2. The Balaban J connectivity index is 1.84. The van der Waals surface area contributed by atoms with Gasteiger partial charge < -0.3 is 10.1 Å². The van der Waals surface area contributed by atoms with Crippen molar-refractivity contribution in [3.8, 4) is 5.75 Å². The highest BCUT2D eigenvalue weighted by atomic mass is 19.1. The molecule has 1 saturated heterocycles. The van der Waals surface area contributed by atoms with Crippen LogP contribution in [0.4, 0.5) is 4.39 Å². The Morgan fingerprint density at radius 1 is 1.41 bits per heavy atom. The van der Waals surface area contributed by atoms with E-state index in [1.165, 1.54) is 18.4 Å². The minimum atomic E-state index is -0.101. The van der Waals surface area contributed by atoms with E-state index in [1.54, 1.807) is 6.07 Å². The van der Waals surface area contributed by atoms with Gasteiger partial charge in [0, 0.05) is 12.0 Å². The molecule has 3 rings (SSSR count). The van der Waals surface area contributed by atoms with E-state index in [2.05, 4.69) is 5.32 Å². The molecule has 0 spiro atoms. The van der Waals surface area contributed by atoms with Crippen LogP contribution in [0.1, 0.15) is 24.0 Å². The molecule has 1 aromatic carbocycles. The van der Waals surface area contributed by atoms with E-state index < -0.39 is 0 Å². The van der Waals surface area contributed by atoms with Crippen LogP contribution < -0.4 is 10.1 Å². The molecule has 0 amide bonds. The first kappa shape index (κ1) is 11.0. The number of fused-ring (bicyclic) bond motifs is 1. The smallest absolute Gasteiger partial charge is 0.130 e. The van der Waals surface area contributed by atoms with Gasteiger partial charge >= 0.3 is 0 Å². The summed E-state index contributed by atoms with van der Waals surface area (Å²) in [5.74, 6) is 1.28. The van der Waals surface area contributed by atoms with Crippen LogP contribution in [0.2, 0.25) is 0 Å². The highest BCUT2D eigenvalue weighted by Crippen LogP contribution is 2.33. The monoisotopic (exact) mass is 235 g/mol. The maximum atomic E-state index is 13.9. The van der Waals surface area contributed by atoms with E-state index in [0.29, 0.717) is 12.5 Å². The molecule has 2 nitrogen and oxygen atoms in total. The number of benzene rings is 1. The van der Waals surface area contributed by atoms with Crippen LogP contribution in [-0.4, -0.2) is 19.7 Å². The van der Waals surface area contributed by atoms with Gasteiger partial charge in [-0.25, -0.2) is 4.39 Å². The lowest BCUT2D eigenvalue weighted by molar-refractivity contribution is 0.337. The van der Waals surface area contributed by atoms with E-state index in [-0.39, 0.29) is 5.82 Å². The zero-order valence-corrected chi connectivity index (χ0v) is 9.97. The molecule has 3 heteroatoms. The number of piperidine rings is 1. The summed E-state index contributed by atoms with van der Waals surface area (Å²) in [7, 11) is 0. The minimum Gasteiger partial charge on any atom is -0.493 e. The summed E-state index contributed by atoms with van der Waals surface area (Å²) >= 11 is 0. The maximum absolute atomic E-state index is 13.9. The number of nitrogens with one attached hydrogen (secondary N) is 1. The molecular weight excluding hydrogens is 217 g/mol. The quantitative estimate of drug-likeness (QED) is 0.849. The SMILES string of the molecule is Fc1ccc2c(c1CC1CCCNC1)OCC2. The summed E-state index contributed by atoms with van der Waals surface area (Å²) in [6.07, 6.45) is 4.12. The first-order valence-electron chi connectivity index (χ1n) is 6.48. The zero-order chi connectivity index (χ0) is 11.7. The number of rotatable bonds is 2. The fourth-order valence-corrected chi connectivity index (χ4v) is 2.87. The van der Waals surface area contributed by atoms with E-state index in [4.69, 9.17) is 4.74 Å². The summed E-state index contributed by atoms with van der Waals surface area (Å²) < 4.78 is 19.5. The van der Waals surface area contributed by atoms with Gasteiger partial charge in [-0.3, -0.25) is 0 Å². The molecule has 0 aromatic heterocycles. The zero-order valence-electron chi connectivity index (χ0n) is 9.97. The van der Waals surface area contributed by atoms with Gasteiger partial charge in [-0.05, 0) is 49.9 Å². The lowest BCUT2D eigenvalue weighted by Gasteiger charge is -2.23. The van der Waals surface area contributed by atoms with Crippen molar-refractivity contribution in [1.82, 2.24) is 5.32 Å². The van der Waals surface area contributed by atoms with Gasteiger partial charge in [-0.1, -0.05) is 6.07 Å². The van der Waals surface area contributed by atoms with Gasteiger partial charge in [-0.15, -0.1) is 0 Å². The van der Waals surface area contributed by atoms with Gasteiger partial charge in [0.05, 0.1) is 6.61 Å². The van der Waals surface area contributed by atoms with Crippen molar-refractivity contribution in [2.24, 2.45) is 5.92 Å². The first-order chi connectivity index (χ1) is 8.34. The van der Waals surface area contributed by atoms with E-state index in [1.807, 2.05) is 6.07 Å². The Hall–Kier alpha value is -1.09. The molecule has 17 heavy (non-hydrogen) atoms. The van der Waals surface area contributed by atoms with Crippen LogP contribution in [0, 0.1) is 11.7 Å². The van der Waals surface area contributed by atoms with Gasteiger partial charge in [0.15, 0.2) is 0 Å². The fraction of sp³-hybridized carbons (Fsp3) is 0.571. The molecule has 1 N–H and O–H groups in total. The van der Waals surface area contributed by atoms with E-state index in [0.717, 1.165) is 37.2 Å². The van der Waals surface area contributed by atoms with Crippen LogP contribution in [-0.2, 0) is 12.8 Å². The van der Waals surface area contributed by atoms with Crippen LogP contribution in [0.5, 0.6) is 5.75 Å². The fourth-order valence-electron chi connectivity index (χ4n) is 2.87. The Bertz CT molecular complexity index is 413. The Kier molecular flexibility index (Phi) is 3.02. The van der Waals surface area contributed by atoms with Crippen LogP contribution >= 0.6 is 0 Å². The maximum Gasteiger partial charge on any atom is 0.130 e. The first-order valence-corrected chi connectivity index (χ1v) is 6.48. The highest BCUT2D eigenvalue weighted by molar-refractivity contribution is 5.45. The molecule has 2 aliphatic heterocycles. The molecule has 0 radical (unpaired) electrons. The number of hydrogen-bond donors (Lipinski definition) is 1. The van der Waals surface area contributed by atoms with Crippen molar-refractivity contribution in [3.63, 3.8) is 0 Å². The lowest BCUT2D eigenvalue weighted by Crippen LogP contribution is -2.31. The molecule has 0 saturated carbocycles. The highest BCUT2D eigenvalue weighted by Gasteiger charge is 2.23. The second-order valence-electron chi connectivity index (χ2n) is 5.03. The van der Waals surface area contributed by atoms with Crippen molar-refractivity contribution < 1.29 is 9.13 Å². The Labute approximate surface area is 101 Å². The standard InChI is InChI=1S/C14H18FNO/c15-13-4-3-11-5-7-17-14(11)12(13)8-10-2-1-6-16-9-10/h3-4,10,16H,1-2,5-9H2. The Morgan fingerprint density at radius 3 is 3.18 bits per heavy atom. The van der Waals surface area contributed by atoms with Crippen molar-refractivity contribution in [2.75, 3.05) is 19.7 Å².